The van der Waals surface area contributed by atoms with E-state index < -0.39 is 41.0 Å². The van der Waals surface area contributed by atoms with E-state index >= 15 is 0 Å². The van der Waals surface area contributed by atoms with Gasteiger partial charge >= 0.3 is 0 Å². The molecule has 6 atom stereocenters. The van der Waals surface area contributed by atoms with Crippen molar-refractivity contribution in [1.82, 2.24) is 4.90 Å². The molecule has 3 N–H and O–H groups in total. The number of benzene rings is 3. The van der Waals surface area contributed by atoms with Crippen LogP contribution in [0.1, 0.15) is 38.7 Å². The van der Waals surface area contributed by atoms with Crippen molar-refractivity contribution in [3.05, 3.63) is 89.4 Å². The standard InChI is InChI=1S/C35H38ClN3O6/c1-3-34-18-19-35(45-34)29(28(34)31(41)37-25-14-16-27(17-15-25)44-4-2)33(43)39(26(21-40)20-22-8-6-5-7-9-22)30(35)32(42)38-24-12-10-23(36)11-13-24/h5-17,26,28-30,40H,3-4,18-21H2,1-2H3,(H,37,41)(H,38,42)/t26-,28-,29+,30?,34+,35?/m1/s1. The van der Waals surface area contributed by atoms with Gasteiger partial charge in [-0.15, -0.1) is 0 Å². The highest BCUT2D eigenvalue weighted by Crippen LogP contribution is 2.64. The van der Waals surface area contributed by atoms with Crippen molar-refractivity contribution in [1.29, 1.82) is 0 Å². The molecule has 0 aromatic heterocycles. The van der Waals surface area contributed by atoms with Crippen LogP contribution in [0.2, 0.25) is 5.02 Å². The average Bonchev–Trinajstić information content (AvgIpc) is 3.66. The van der Waals surface area contributed by atoms with E-state index in [2.05, 4.69) is 10.6 Å². The number of carbonyl (C=O) groups is 3. The Morgan fingerprint density at radius 1 is 0.978 bits per heavy atom. The van der Waals surface area contributed by atoms with Gasteiger partial charge in [-0.25, -0.2) is 0 Å². The topological polar surface area (TPSA) is 117 Å². The summed E-state index contributed by atoms with van der Waals surface area (Å²) in [6.07, 6.45) is 1.79. The summed E-state index contributed by atoms with van der Waals surface area (Å²) >= 11 is 6.08. The molecule has 3 aliphatic heterocycles. The Kier molecular flexibility index (Phi) is 8.61. The van der Waals surface area contributed by atoms with Crippen LogP contribution in [-0.4, -0.2) is 64.2 Å². The van der Waals surface area contributed by atoms with Gasteiger partial charge in [0, 0.05) is 16.4 Å². The highest BCUT2D eigenvalue weighted by atomic mass is 35.5. The number of aliphatic hydroxyl groups is 1. The fourth-order valence-corrected chi connectivity index (χ4v) is 7.77. The monoisotopic (exact) mass is 631 g/mol. The zero-order chi connectivity index (χ0) is 31.8. The van der Waals surface area contributed by atoms with E-state index in [0.717, 1.165) is 5.56 Å². The van der Waals surface area contributed by atoms with Crippen LogP contribution in [0.15, 0.2) is 78.9 Å². The number of aliphatic hydroxyl groups excluding tert-OH is 1. The molecule has 10 heteroatoms. The number of carbonyl (C=O) groups excluding carboxylic acids is 3. The lowest BCUT2D eigenvalue weighted by atomic mass is 9.65. The van der Waals surface area contributed by atoms with Crippen LogP contribution in [0.25, 0.3) is 0 Å². The van der Waals surface area contributed by atoms with Gasteiger partial charge in [-0.2, -0.15) is 0 Å². The maximum absolute atomic E-state index is 14.7. The van der Waals surface area contributed by atoms with Gasteiger partial charge in [-0.1, -0.05) is 48.9 Å². The second kappa shape index (κ2) is 12.5. The summed E-state index contributed by atoms with van der Waals surface area (Å²) in [7, 11) is 0. The third-order valence-corrected chi connectivity index (χ3v) is 9.86. The second-order valence-electron chi connectivity index (χ2n) is 12.0. The molecule has 0 saturated carbocycles. The highest BCUT2D eigenvalue weighted by molar-refractivity contribution is 6.30. The zero-order valence-electron chi connectivity index (χ0n) is 25.4. The molecular weight excluding hydrogens is 594 g/mol. The fourth-order valence-electron chi connectivity index (χ4n) is 7.65. The first-order valence-corrected chi connectivity index (χ1v) is 15.9. The van der Waals surface area contributed by atoms with E-state index in [0.29, 0.717) is 54.4 Å². The normalized spacial score (nSPS) is 27.2. The molecule has 6 rings (SSSR count). The minimum atomic E-state index is -1.24. The minimum absolute atomic E-state index is 0.330. The molecule has 3 aromatic carbocycles. The van der Waals surface area contributed by atoms with Crippen LogP contribution in [0.3, 0.4) is 0 Å². The minimum Gasteiger partial charge on any atom is -0.494 e. The number of likely N-dealkylation sites (tertiary alicyclic amines) is 1. The summed E-state index contributed by atoms with van der Waals surface area (Å²) in [5.74, 6) is -2.17. The third-order valence-electron chi connectivity index (χ3n) is 9.61. The van der Waals surface area contributed by atoms with Crippen molar-refractivity contribution < 1.29 is 29.0 Å². The van der Waals surface area contributed by atoms with Gasteiger partial charge in [0.1, 0.15) is 17.4 Å². The first-order chi connectivity index (χ1) is 21.7. The number of halogens is 1. The molecule has 3 aromatic rings. The molecule has 3 saturated heterocycles. The molecule has 0 radical (unpaired) electrons. The predicted octanol–water partition coefficient (Wildman–Crippen LogP) is 5.07. The number of hydrogen-bond acceptors (Lipinski definition) is 6. The molecule has 2 bridgehead atoms. The molecule has 3 fully saturated rings. The van der Waals surface area contributed by atoms with Crippen LogP contribution < -0.4 is 15.4 Å². The Bertz CT molecular complexity index is 1550. The van der Waals surface area contributed by atoms with Crippen molar-refractivity contribution in [3.8, 4) is 5.75 Å². The SMILES string of the molecule is CCOc1ccc(NC(=O)[C@H]2[C@H]3C(=O)N([C@@H](CO)Cc4ccccc4)C(C(=O)Nc4ccc(Cl)cc4)C34CC[C@]2(CC)O4)cc1. The smallest absolute Gasteiger partial charge is 0.250 e. The lowest BCUT2D eigenvalue weighted by Gasteiger charge is -2.37. The predicted molar refractivity (Wildman–Crippen MR) is 171 cm³/mol. The number of rotatable bonds is 11. The number of nitrogens with one attached hydrogen (secondary N) is 2. The van der Waals surface area contributed by atoms with Crippen LogP contribution in [0, 0.1) is 11.8 Å². The first kappa shape index (κ1) is 31.1. The van der Waals surface area contributed by atoms with E-state index in [1.165, 1.54) is 4.90 Å². The van der Waals surface area contributed by atoms with Crippen LogP contribution in [-0.2, 0) is 25.5 Å². The van der Waals surface area contributed by atoms with Gasteiger partial charge < -0.3 is 30.1 Å². The number of amides is 3. The summed E-state index contributed by atoms with van der Waals surface area (Å²) < 4.78 is 12.4. The number of anilines is 2. The van der Waals surface area contributed by atoms with Crippen molar-refractivity contribution in [2.45, 2.75) is 62.8 Å². The third kappa shape index (κ3) is 5.47. The average molecular weight is 632 g/mol. The Hall–Kier alpha value is -3.92. The maximum atomic E-state index is 14.7. The van der Waals surface area contributed by atoms with Gasteiger partial charge in [0.15, 0.2) is 0 Å². The van der Waals surface area contributed by atoms with Crippen LogP contribution >= 0.6 is 11.6 Å². The summed E-state index contributed by atoms with van der Waals surface area (Å²) in [5, 5.41) is 17.2. The van der Waals surface area contributed by atoms with Crippen LogP contribution in [0.4, 0.5) is 11.4 Å². The van der Waals surface area contributed by atoms with Crippen molar-refractivity contribution in [3.63, 3.8) is 0 Å². The maximum Gasteiger partial charge on any atom is 0.250 e. The fraction of sp³-hybridized carbons (Fsp3) is 0.400. The van der Waals surface area contributed by atoms with E-state index in [1.54, 1.807) is 48.5 Å². The molecule has 3 amide bonds. The van der Waals surface area contributed by atoms with E-state index in [-0.39, 0.29) is 18.4 Å². The summed E-state index contributed by atoms with van der Waals surface area (Å²) in [4.78, 5) is 44.6. The quantitative estimate of drug-likeness (QED) is 0.272. The summed E-state index contributed by atoms with van der Waals surface area (Å²) in [6.45, 7) is 4.01. The molecule has 45 heavy (non-hydrogen) atoms. The Morgan fingerprint density at radius 2 is 1.62 bits per heavy atom. The van der Waals surface area contributed by atoms with E-state index in [4.69, 9.17) is 21.1 Å². The summed E-state index contributed by atoms with van der Waals surface area (Å²) in [5.41, 5.74) is -0.148. The molecule has 3 aliphatic rings. The van der Waals surface area contributed by atoms with Gasteiger partial charge in [0.2, 0.25) is 17.7 Å². The largest absolute Gasteiger partial charge is 0.494 e. The van der Waals surface area contributed by atoms with Gasteiger partial charge in [0.05, 0.1) is 36.7 Å². The lowest BCUT2D eigenvalue weighted by Crippen LogP contribution is -2.57. The lowest BCUT2D eigenvalue weighted by molar-refractivity contribution is -0.148. The number of nitrogens with zero attached hydrogens (tertiary/aromatic N) is 1. The Balaban J connectivity index is 1.38. The molecule has 2 unspecified atom stereocenters. The van der Waals surface area contributed by atoms with E-state index in [1.807, 2.05) is 44.2 Å². The van der Waals surface area contributed by atoms with E-state index in [9.17, 15) is 19.5 Å². The summed E-state index contributed by atoms with van der Waals surface area (Å²) in [6, 6.07) is 21.6. The highest BCUT2D eigenvalue weighted by Gasteiger charge is 2.79. The Morgan fingerprint density at radius 3 is 2.24 bits per heavy atom. The number of fused-ring (bicyclic) bond motifs is 1. The van der Waals surface area contributed by atoms with Crippen molar-refractivity contribution >= 4 is 40.7 Å². The molecule has 1 spiro atoms. The second-order valence-corrected chi connectivity index (χ2v) is 12.5. The Labute approximate surface area is 267 Å². The molecular formula is C35H38ClN3O6. The first-order valence-electron chi connectivity index (χ1n) is 15.5. The van der Waals surface area contributed by atoms with Crippen molar-refractivity contribution in [2.75, 3.05) is 23.8 Å². The molecule has 236 valence electrons. The molecule has 0 aliphatic carbocycles. The van der Waals surface area contributed by atoms with Crippen molar-refractivity contribution in [2.24, 2.45) is 11.8 Å². The van der Waals surface area contributed by atoms with Gasteiger partial charge in [-0.3, -0.25) is 14.4 Å². The molecule has 3 heterocycles. The van der Waals surface area contributed by atoms with Gasteiger partial charge in [0.25, 0.3) is 0 Å². The number of hydrogen-bond donors (Lipinski definition) is 3. The molecule has 9 nitrogen and oxygen atoms in total. The number of ether oxygens (including phenoxy) is 2. The van der Waals surface area contributed by atoms with Gasteiger partial charge in [-0.05, 0) is 86.7 Å². The van der Waals surface area contributed by atoms with Crippen LogP contribution in [0.5, 0.6) is 5.75 Å². The zero-order valence-corrected chi connectivity index (χ0v) is 26.1.